The lowest BCUT2D eigenvalue weighted by Gasteiger charge is -2.16. The van der Waals surface area contributed by atoms with Gasteiger partial charge >= 0.3 is 6.18 Å². The van der Waals surface area contributed by atoms with Gasteiger partial charge in [-0.1, -0.05) is 13.8 Å². The standard InChI is InChI=1S/C17H21F3N4O2/c1-4-13-6-12(7-15(25)22-13)16(26)21-8-10(2)9-24-14(17(18,19)20)5-11(3)23-24/h5-7,10H,4,8-9H2,1-3H3,(H,21,26)(H,22,25). The van der Waals surface area contributed by atoms with Crippen LogP contribution >= 0.6 is 0 Å². The zero-order valence-corrected chi connectivity index (χ0v) is 14.8. The number of aryl methyl sites for hydroxylation is 2. The van der Waals surface area contributed by atoms with E-state index in [1.54, 1.807) is 13.0 Å². The van der Waals surface area contributed by atoms with Crippen LogP contribution in [0.25, 0.3) is 0 Å². The summed E-state index contributed by atoms with van der Waals surface area (Å²) in [5.74, 6) is -0.725. The molecule has 142 valence electrons. The number of aromatic nitrogens is 3. The number of rotatable bonds is 6. The van der Waals surface area contributed by atoms with Gasteiger partial charge in [0.25, 0.3) is 5.91 Å². The van der Waals surface area contributed by atoms with Gasteiger partial charge in [-0.2, -0.15) is 18.3 Å². The fraction of sp³-hybridized carbons (Fsp3) is 0.471. The third-order valence-corrected chi connectivity index (χ3v) is 3.83. The van der Waals surface area contributed by atoms with Crippen LogP contribution in [0.2, 0.25) is 0 Å². The first-order valence-electron chi connectivity index (χ1n) is 8.23. The van der Waals surface area contributed by atoms with Crippen LogP contribution in [0.4, 0.5) is 13.2 Å². The number of carbonyl (C=O) groups is 1. The van der Waals surface area contributed by atoms with E-state index in [4.69, 9.17) is 0 Å². The summed E-state index contributed by atoms with van der Waals surface area (Å²) in [6.45, 7) is 5.23. The summed E-state index contributed by atoms with van der Waals surface area (Å²) in [6, 6.07) is 3.77. The second-order valence-corrected chi connectivity index (χ2v) is 6.28. The minimum atomic E-state index is -4.48. The molecular formula is C17H21F3N4O2. The molecule has 0 aromatic carbocycles. The number of carbonyl (C=O) groups excluding carboxylic acids is 1. The molecule has 2 rings (SSSR count). The lowest BCUT2D eigenvalue weighted by Crippen LogP contribution is -2.31. The van der Waals surface area contributed by atoms with Crippen molar-refractivity contribution in [3.8, 4) is 0 Å². The average Bonchev–Trinajstić information content (AvgIpc) is 2.92. The highest BCUT2D eigenvalue weighted by atomic mass is 19.4. The molecule has 2 heterocycles. The largest absolute Gasteiger partial charge is 0.433 e. The molecule has 0 aliphatic rings. The Morgan fingerprint density at radius 2 is 2.04 bits per heavy atom. The summed E-state index contributed by atoms with van der Waals surface area (Å²) in [7, 11) is 0. The van der Waals surface area contributed by atoms with Gasteiger partial charge in [0, 0.05) is 30.4 Å². The Bertz CT molecular complexity index is 839. The summed E-state index contributed by atoms with van der Waals surface area (Å²) >= 11 is 0. The lowest BCUT2D eigenvalue weighted by atomic mass is 10.1. The smallest absolute Gasteiger partial charge is 0.352 e. The summed E-state index contributed by atoms with van der Waals surface area (Å²) < 4.78 is 39.9. The van der Waals surface area contributed by atoms with Crippen molar-refractivity contribution in [3.63, 3.8) is 0 Å². The second-order valence-electron chi connectivity index (χ2n) is 6.28. The highest BCUT2D eigenvalue weighted by molar-refractivity contribution is 5.94. The molecule has 2 N–H and O–H groups in total. The van der Waals surface area contributed by atoms with E-state index in [0.717, 1.165) is 10.7 Å². The van der Waals surface area contributed by atoms with Crippen LogP contribution in [0, 0.1) is 12.8 Å². The van der Waals surface area contributed by atoms with Gasteiger partial charge in [-0.3, -0.25) is 14.3 Å². The molecule has 1 atom stereocenters. The Labute approximate surface area is 148 Å². The third-order valence-electron chi connectivity index (χ3n) is 3.83. The van der Waals surface area contributed by atoms with Crippen molar-refractivity contribution in [2.75, 3.05) is 6.54 Å². The topological polar surface area (TPSA) is 79.8 Å². The van der Waals surface area contributed by atoms with E-state index in [0.29, 0.717) is 12.1 Å². The zero-order valence-electron chi connectivity index (χ0n) is 14.8. The van der Waals surface area contributed by atoms with Crippen LogP contribution < -0.4 is 10.9 Å². The number of halogens is 3. The summed E-state index contributed by atoms with van der Waals surface area (Å²) in [4.78, 5) is 26.3. The number of aromatic amines is 1. The van der Waals surface area contributed by atoms with Crippen LogP contribution in [-0.4, -0.2) is 27.2 Å². The van der Waals surface area contributed by atoms with Crippen molar-refractivity contribution in [1.82, 2.24) is 20.1 Å². The molecule has 0 aliphatic heterocycles. The van der Waals surface area contributed by atoms with Gasteiger partial charge in [0.05, 0.1) is 5.69 Å². The molecule has 0 spiro atoms. The number of alkyl halides is 3. The predicted molar refractivity (Wildman–Crippen MR) is 89.9 cm³/mol. The van der Waals surface area contributed by atoms with E-state index in [9.17, 15) is 22.8 Å². The molecule has 6 nitrogen and oxygen atoms in total. The average molecular weight is 370 g/mol. The predicted octanol–water partition coefficient (Wildman–Crippen LogP) is 2.53. The SMILES string of the molecule is CCc1cc(C(=O)NCC(C)Cn2nc(C)cc2C(F)(F)F)cc(=O)[nH]1. The highest BCUT2D eigenvalue weighted by Gasteiger charge is 2.35. The van der Waals surface area contributed by atoms with Crippen LogP contribution in [-0.2, 0) is 19.1 Å². The van der Waals surface area contributed by atoms with Crippen LogP contribution in [0.3, 0.4) is 0 Å². The molecule has 0 radical (unpaired) electrons. The number of nitrogens with one attached hydrogen (secondary N) is 2. The Kier molecular flexibility index (Phi) is 5.89. The normalized spacial score (nSPS) is 12.8. The van der Waals surface area contributed by atoms with Gasteiger partial charge in [0.2, 0.25) is 5.56 Å². The second kappa shape index (κ2) is 7.76. The summed E-state index contributed by atoms with van der Waals surface area (Å²) in [5.41, 5.74) is -0.0369. The molecule has 2 aromatic rings. The maximum atomic E-state index is 13.0. The van der Waals surface area contributed by atoms with Gasteiger partial charge < -0.3 is 10.3 Å². The molecule has 26 heavy (non-hydrogen) atoms. The maximum absolute atomic E-state index is 13.0. The number of hydrogen-bond donors (Lipinski definition) is 2. The Morgan fingerprint density at radius 1 is 1.35 bits per heavy atom. The quantitative estimate of drug-likeness (QED) is 0.820. The van der Waals surface area contributed by atoms with Crippen molar-refractivity contribution in [2.45, 2.75) is 39.9 Å². The molecule has 0 saturated carbocycles. The molecular weight excluding hydrogens is 349 g/mol. The summed E-state index contributed by atoms with van der Waals surface area (Å²) in [6.07, 6.45) is -3.91. The number of hydrogen-bond acceptors (Lipinski definition) is 3. The zero-order chi connectivity index (χ0) is 19.5. The van der Waals surface area contributed by atoms with Crippen molar-refractivity contribution in [1.29, 1.82) is 0 Å². The monoisotopic (exact) mass is 370 g/mol. The molecule has 0 saturated heterocycles. The summed E-state index contributed by atoms with van der Waals surface area (Å²) in [5, 5.41) is 6.52. The Balaban J connectivity index is 2.01. The molecule has 0 bridgehead atoms. The van der Waals surface area contributed by atoms with Crippen molar-refractivity contribution >= 4 is 5.91 Å². The van der Waals surface area contributed by atoms with E-state index in [1.165, 1.54) is 13.0 Å². The van der Waals surface area contributed by atoms with Crippen molar-refractivity contribution < 1.29 is 18.0 Å². The minimum absolute atomic E-state index is 0.0124. The number of nitrogens with zero attached hydrogens (tertiary/aromatic N) is 2. The first kappa shape index (κ1) is 19.7. The first-order valence-corrected chi connectivity index (χ1v) is 8.23. The number of pyridine rings is 1. The van der Waals surface area contributed by atoms with Crippen LogP contribution in [0.1, 0.15) is 41.3 Å². The van der Waals surface area contributed by atoms with E-state index >= 15 is 0 Å². The molecule has 2 aromatic heterocycles. The third kappa shape index (κ3) is 4.96. The van der Waals surface area contributed by atoms with Crippen molar-refractivity contribution in [3.05, 3.63) is 51.2 Å². The number of H-pyrrole nitrogens is 1. The Hall–Kier alpha value is -2.58. The Morgan fingerprint density at radius 3 is 2.65 bits per heavy atom. The minimum Gasteiger partial charge on any atom is -0.352 e. The molecule has 0 fully saturated rings. The first-order chi connectivity index (χ1) is 12.1. The van der Waals surface area contributed by atoms with Gasteiger partial charge in [-0.25, -0.2) is 0 Å². The fourth-order valence-corrected chi connectivity index (χ4v) is 2.56. The molecule has 1 amide bonds. The van der Waals surface area contributed by atoms with Gasteiger partial charge in [0.15, 0.2) is 0 Å². The lowest BCUT2D eigenvalue weighted by molar-refractivity contribution is -0.144. The van der Waals surface area contributed by atoms with E-state index in [2.05, 4.69) is 15.4 Å². The molecule has 0 aliphatic carbocycles. The van der Waals surface area contributed by atoms with Crippen LogP contribution in [0.5, 0.6) is 0 Å². The maximum Gasteiger partial charge on any atom is 0.433 e. The van der Waals surface area contributed by atoms with E-state index in [1.807, 2.05) is 6.92 Å². The van der Waals surface area contributed by atoms with Crippen molar-refractivity contribution in [2.24, 2.45) is 5.92 Å². The van der Waals surface area contributed by atoms with Crippen LogP contribution in [0.15, 0.2) is 23.0 Å². The van der Waals surface area contributed by atoms with Gasteiger partial charge in [0.1, 0.15) is 5.69 Å². The fourth-order valence-electron chi connectivity index (χ4n) is 2.56. The van der Waals surface area contributed by atoms with E-state index < -0.39 is 17.8 Å². The number of amides is 1. The van der Waals surface area contributed by atoms with Gasteiger partial charge in [-0.05, 0) is 31.4 Å². The van der Waals surface area contributed by atoms with Gasteiger partial charge in [-0.15, -0.1) is 0 Å². The van der Waals surface area contributed by atoms with E-state index in [-0.39, 0.29) is 35.8 Å². The highest BCUT2D eigenvalue weighted by Crippen LogP contribution is 2.30. The molecule has 1 unspecified atom stereocenters. The molecule has 9 heteroatoms.